The second kappa shape index (κ2) is 20.5. The van der Waals surface area contributed by atoms with E-state index in [4.69, 9.17) is 23.2 Å². The van der Waals surface area contributed by atoms with E-state index in [1.54, 1.807) is 65.6 Å². The quantitative estimate of drug-likeness (QED) is 0.0629. The maximum atomic E-state index is 15.1. The molecule has 2 heterocycles. The van der Waals surface area contributed by atoms with Crippen molar-refractivity contribution in [3.05, 3.63) is 131 Å². The van der Waals surface area contributed by atoms with Crippen molar-refractivity contribution in [1.82, 2.24) is 19.6 Å². The number of amides is 1. The fourth-order valence-corrected chi connectivity index (χ4v) is 12.9. The Morgan fingerprint density at radius 2 is 1.44 bits per heavy atom. The molecule has 2 saturated heterocycles. The number of carbonyl (C=O) groups is 1. The van der Waals surface area contributed by atoms with Crippen LogP contribution >= 0.6 is 35.0 Å². The number of hydrazine groups is 1. The summed E-state index contributed by atoms with van der Waals surface area (Å²) in [5, 5.41) is -0.564. The maximum absolute atomic E-state index is 15.1. The van der Waals surface area contributed by atoms with Crippen molar-refractivity contribution >= 4 is 72.0 Å². The van der Waals surface area contributed by atoms with Gasteiger partial charge in [0.05, 0.1) is 10.9 Å². The predicted octanol–water partition coefficient (Wildman–Crippen LogP) is 9.29. The highest BCUT2D eigenvalue weighted by Crippen LogP contribution is 2.43. The number of alkyl halides is 3. The topological polar surface area (TPSA) is 110 Å². The number of nitrogens with zero attached hydrogens (tertiary/aromatic N) is 4. The van der Waals surface area contributed by atoms with Crippen LogP contribution in [0.25, 0.3) is 5.57 Å². The molecule has 0 radical (unpaired) electrons. The molecule has 2 atom stereocenters. The number of rotatable bonds is 17. The minimum atomic E-state index is -5.54. The van der Waals surface area contributed by atoms with E-state index in [0.717, 1.165) is 82.3 Å². The summed E-state index contributed by atoms with van der Waals surface area (Å²) in [5.41, 5.74) is 5.16. The van der Waals surface area contributed by atoms with E-state index in [2.05, 4.69) is 40.6 Å². The molecule has 0 saturated carbocycles. The summed E-state index contributed by atoms with van der Waals surface area (Å²) in [7, 11) is -10.1. The van der Waals surface area contributed by atoms with E-state index in [1.165, 1.54) is 41.0 Å². The van der Waals surface area contributed by atoms with E-state index in [1.807, 2.05) is 12.1 Å². The zero-order valence-electron chi connectivity index (χ0n) is 36.0. The van der Waals surface area contributed by atoms with Crippen LogP contribution in [-0.2, 0) is 19.9 Å². The van der Waals surface area contributed by atoms with Crippen LogP contribution in [0.2, 0.25) is 5.02 Å². The van der Waals surface area contributed by atoms with Crippen LogP contribution < -0.4 is 9.73 Å². The summed E-state index contributed by atoms with van der Waals surface area (Å²) < 4.78 is 81.5. The van der Waals surface area contributed by atoms with Gasteiger partial charge in [0.15, 0.2) is 0 Å². The average Bonchev–Trinajstić information content (AvgIpc) is 3.80. The summed E-state index contributed by atoms with van der Waals surface area (Å²) in [6.07, 6.45) is 4.60. The van der Waals surface area contributed by atoms with Gasteiger partial charge in [-0.15, -0.1) is 16.6 Å². The third kappa shape index (κ3) is 11.9. The van der Waals surface area contributed by atoms with Crippen LogP contribution in [0.4, 0.5) is 14.5 Å². The highest BCUT2D eigenvalue weighted by molar-refractivity contribution is 7.99. The number of piperazine rings is 1. The third-order valence-corrected chi connectivity index (χ3v) is 17.7. The van der Waals surface area contributed by atoms with Crippen LogP contribution in [0, 0.1) is 5.41 Å². The number of hydrogen-bond acceptors (Lipinski definition) is 9. The number of hydrogen-bond donors (Lipinski definition) is 1. The molecule has 1 amide bonds. The van der Waals surface area contributed by atoms with Gasteiger partial charge in [0.2, 0.25) is 9.84 Å². The number of halogens is 4. The first-order valence-corrected chi connectivity index (χ1v) is 26.3. The summed E-state index contributed by atoms with van der Waals surface area (Å²) in [6, 6.07) is 29.2. The van der Waals surface area contributed by atoms with Crippen LogP contribution in [0.3, 0.4) is 0 Å². The zero-order chi connectivity index (χ0) is 45.7. The number of carbonyl (C=O) groups excluding carboxylic acids is 1. The lowest BCUT2D eigenvalue weighted by atomic mass is 9.72. The molecule has 10 nitrogen and oxygen atoms in total. The second-order valence-corrected chi connectivity index (χ2v) is 23.6. The van der Waals surface area contributed by atoms with Crippen LogP contribution in [0.15, 0.2) is 125 Å². The van der Waals surface area contributed by atoms with Gasteiger partial charge in [-0.2, -0.15) is 8.78 Å². The van der Waals surface area contributed by atoms with E-state index < -0.39 is 48.3 Å². The Bertz CT molecular complexity index is 2470. The Morgan fingerprint density at radius 3 is 2.05 bits per heavy atom. The van der Waals surface area contributed by atoms with Crippen molar-refractivity contribution in [1.29, 1.82) is 0 Å². The number of nitrogens with one attached hydrogen (secondary N) is 1. The van der Waals surface area contributed by atoms with Gasteiger partial charge in [0.1, 0.15) is 5.25 Å². The fourth-order valence-electron chi connectivity index (χ4n) is 8.76. The molecule has 0 spiro atoms. The summed E-state index contributed by atoms with van der Waals surface area (Å²) in [4.78, 5) is 24.1. The molecule has 7 rings (SSSR count). The number of likely N-dealkylation sites (tertiary alicyclic amines) is 1. The zero-order valence-corrected chi connectivity index (χ0v) is 40.0. The van der Waals surface area contributed by atoms with Gasteiger partial charge in [-0.3, -0.25) is 14.7 Å². The first-order valence-electron chi connectivity index (χ1n) is 21.6. The van der Waals surface area contributed by atoms with Gasteiger partial charge in [0, 0.05) is 66.2 Å². The van der Waals surface area contributed by atoms with Crippen molar-refractivity contribution in [2.45, 2.75) is 71.7 Å². The molecule has 0 bridgehead atoms. The predicted molar refractivity (Wildman–Crippen MR) is 254 cm³/mol. The smallest absolute Gasteiger partial charge is 0.369 e. The largest absolute Gasteiger partial charge is 0.423 e. The second-order valence-electron chi connectivity index (χ2n) is 17.6. The lowest BCUT2D eigenvalue weighted by Crippen LogP contribution is -2.61. The minimum absolute atomic E-state index is 0.0321. The summed E-state index contributed by atoms with van der Waals surface area (Å²) >= 11 is 12.7. The van der Waals surface area contributed by atoms with Gasteiger partial charge in [-0.05, 0) is 134 Å². The fraction of sp³-hybridized carbons (Fsp3) is 0.426. The molecule has 0 aromatic heterocycles. The molecule has 2 aliphatic heterocycles. The van der Waals surface area contributed by atoms with Gasteiger partial charge in [0.25, 0.3) is 15.9 Å². The number of benzene rings is 4. The Labute approximate surface area is 390 Å². The molecule has 1 unspecified atom stereocenters. The summed E-state index contributed by atoms with van der Waals surface area (Å²) in [6.45, 7) is 9.09. The minimum Gasteiger partial charge on any atom is -0.369 e. The molecule has 2 fully saturated rings. The van der Waals surface area contributed by atoms with E-state index in [0.29, 0.717) is 28.0 Å². The molecule has 3 aliphatic rings. The third-order valence-electron chi connectivity index (χ3n) is 12.4. The molecular formula is C47H55Cl2F2N5O5S3. The molecule has 17 heteroatoms. The van der Waals surface area contributed by atoms with Crippen molar-refractivity contribution in [3.63, 3.8) is 0 Å². The van der Waals surface area contributed by atoms with Gasteiger partial charge >= 0.3 is 4.71 Å². The Morgan fingerprint density at radius 1 is 0.828 bits per heavy atom. The standard InChI is InChI=1S/C47H55Cl2F2N5O5S3/c1-46(2)24-23-37(42(31-46)35-15-19-38(48)20-16-35)32-54-27-29-55(30-28-54)39-21-17-36(18-22-39)45(57)56(52-64(60,61)41-13-7-4-8-14-41)43(34-62-40-11-5-3-6-12-40)44(33-53-25-9-10-26-53)63(58,59)47(49,50)51/h3-8,11-22,43-44,52H,9-10,23-34H2,1-2H3/t43-,44?/m1/s1. The monoisotopic (exact) mass is 973 g/mol. The number of allylic oxidation sites excluding steroid dienone is 1. The highest BCUT2D eigenvalue weighted by atomic mass is 35.5. The van der Waals surface area contributed by atoms with Crippen LogP contribution in [0.5, 0.6) is 0 Å². The van der Waals surface area contributed by atoms with Crippen LogP contribution in [0.1, 0.15) is 61.9 Å². The molecule has 4 aromatic rings. The lowest BCUT2D eigenvalue weighted by molar-refractivity contribution is 0.0626. The van der Waals surface area contributed by atoms with Crippen LogP contribution in [-0.4, -0.2) is 112 Å². The lowest BCUT2D eigenvalue weighted by Gasteiger charge is -2.39. The number of sulfone groups is 1. The summed E-state index contributed by atoms with van der Waals surface area (Å²) in [5.74, 6) is -1.18. The molecular weight excluding hydrogens is 920 g/mol. The Balaban J connectivity index is 1.16. The molecule has 4 aromatic carbocycles. The molecule has 64 heavy (non-hydrogen) atoms. The Kier molecular flexibility index (Phi) is 15.5. The van der Waals surface area contributed by atoms with Crippen molar-refractivity contribution < 1.29 is 30.4 Å². The number of sulfonamides is 1. The average molecular weight is 975 g/mol. The van der Waals surface area contributed by atoms with Gasteiger partial charge < -0.3 is 9.80 Å². The Hall–Kier alpha value is -3.54. The first-order chi connectivity index (χ1) is 30.4. The molecule has 1 N–H and O–H groups in total. The molecule has 344 valence electrons. The normalized spacial score (nSPS) is 18.8. The van der Waals surface area contributed by atoms with Crippen molar-refractivity contribution in [2.75, 3.05) is 63.0 Å². The SMILES string of the molecule is CC1(C)CCC(CN2CCN(c3ccc(C(=O)N(NS(=O)(=O)c4ccccc4)[C@H](CSc4ccccc4)C(CN4CCCC4)S(=O)(=O)C(F)(F)Cl)cc3)CC2)=C(c2ccc(Cl)cc2)C1. The number of anilines is 1. The highest BCUT2D eigenvalue weighted by Gasteiger charge is 2.53. The number of thioether (sulfide) groups is 1. The van der Waals surface area contributed by atoms with Crippen molar-refractivity contribution in [3.8, 4) is 0 Å². The maximum Gasteiger partial charge on any atom is 0.423 e. The van der Waals surface area contributed by atoms with Crippen molar-refractivity contribution in [2.24, 2.45) is 5.41 Å². The van der Waals surface area contributed by atoms with E-state index >= 15 is 8.78 Å². The van der Waals surface area contributed by atoms with E-state index in [-0.39, 0.29) is 21.6 Å². The van der Waals surface area contributed by atoms with E-state index in [9.17, 15) is 21.6 Å². The first kappa shape index (κ1) is 48.4. The van der Waals surface area contributed by atoms with Gasteiger partial charge in [-0.1, -0.05) is 79.6 Å². The van der Waals surface area contributed by atoms with Gasteiger partial charge in [-0.25, -0.2) is 16.8 Å². The molecule has 1 aliphatic carbocycles.